The Morgan fingerprint density at radius 2 is 1.87 bits per heavy atom. The van der Waals surface area contributed by atoms with E-state index in [0.29, 0.717) is 56.5 Å². The van der Waals surface area contributed by atoms with Crippen LogP contribution >= 0.6 is 0 Å². The highest BCUT2D eigenvalue weighted by atomic mass is 16.6. The van der Waals surface area contributed by atoms with Gasteiger partial charge in [0.2, 0.25) is 5.91 Å². The molecule has 2 heterocycles. The maximum atomic E-state index is 13.2. The lowest BCUT2D eigenvalue weighted by atomic mass is 10.1. The van der Waals surface area contributed by atoms with Gasteiger partial charge in [0.25, 0.3) is 5.91 Å². The van der Waals surface area contributed by atoms with Gasteiger partial charge in [0.05, 0.1) is 6.54 Å². The van der Waals surface area contributed by atoms with Gasteiger partial charge in [-0.2, -0.15) is 5.10 Å². The van der Waals surface area contributed by atoms with Gasteiger partial charge in [0.15, 0.2) is 11.5 Å². The molecule has 30 heavy (non-hydrogen) atoms. The zero-order valence-electron chi connectivity index (χ0n) is 17.0. The Bertz CT molecular complexity index is 958. The topological polar surface area (TPSA) is 71.4 Å². The summed E-state index contributed by atoms with van der Waals surface area (Å²) < 4.78 is 11.4. The van der Waals surface area contributed by atoms with Crippen molar-refractivity contribution in [3.05, 3.63) is 59.7 Å². The van der Waals surface area contributed by atoms with Crippen molar-refractivity contribution in [1.82, 2.24) is 9.91 Å². The summed E-state index contributed by atoms with van der Waals surface area (Å²) in [6.07, 6.45) is 0.638. The van der Waals surface area contributed by atoms with Crippen molar-refractivity contribution in [2.75, 3.05) is 19.8 Å². The fourth-order valence-electron chi connectivity index (χ4n) is 3.61. The Balaban J connectivity index is 1.52. The molecule has 2 aromatic carbocycles. The number of ether oxygens (including phenoxy) is 2. The Kier molecular flexibility index (Phi) is 5.97. The van der Waals surface area contributed by atoms with Gasteiger partial charge in [-0.1, -0.05) is 42.5 Å². The molecule has 7 heteroatoms. The van der Waals surface area contributed by atoms with Crippen molar-refractivity contribution < 1.29 is 19.1 Å². The first-order valence-electron chi connectivity index (χ1n) is 10.2. The predicted octanol–water partition coefficient (Wildman–Crippen LogP) is 2.98. The number of hydrogen-bond acceptors (Lipinski definition) is 5. The number of fused-ring (bicyclic) bond motifs is 1. The molecule has 2 aliphatic heterocycles. The van der Waals surface area contributed by atoms with Crippen molar-refractivity contribution in [2.45, 2.75) is 32.9 Å². The van der Waals surface area contributed by atoms with Crippen LogP contribution in [0.3, 0.4) is 0 Å². The standard InChI is InChI=1S/C23H25N3O4/c1-2-25(16-18-9-6-10-20-22(18)30-14-13-29-20)23(28)19-11-12-21(27)26(24-19)15-17-7-4-3-5-8-17/h3-10H,2,11-16H2,1H3. The molecule has 0 unspecified atom stereocenters. The van der Waals surface area contributed by atoms with Gasteiger partial charge in [0.1, 0.15) is 18.9 Å². The normalized spacial score (nSPS) is 15.6. The van der Waals surface area contributed by atoms with E-state index < -0.39 is 0 Å². The van der Waals surface area contributed by atoms with Crippen molar-refractivity contribution in [3.63, 3.8) is 0 Å². The molecule has 4 rings (SSSR count). The number of benzene rings is 2. The van der Waals surface area contributed by atoms with E-state index in [4.69, 9.17) is 9.47 Å². The molecule has 0 radical (unpaired) electrons. The van der Waals surface area contributed by atoms with Gasteiger partial charge in [-0.3, -0.25) is 9.59 Å². The molecule has 0 saturated heterocycles. The summed E-state index contributed by atoms with van der Waals surface area (Å²) >= 11 is 0. The van der Waals surface area contributed by atoms with Gasteiger partial charge in [-0.05, 0) is 18.6 Å². The summed E-state index contributed by atoms with van der Waals surface area (Å²) in [6, 6.07) is 15.4. The van der Waals surface area contributed by atoms with Crippen LogP contribution < -0.4 is 9.47 Å². The summed E-state index contributed by atoms with van der Waals surface area (Å²) in [5, 5.41) is 5.81. The number of amides is 2. The maximum absolute atomic E-state index is 13.2. The van der Waals surface area contributed by atoms with Crippen LogP contribution in [0.5, 0.6) is 11.5 Å². The second-order valence-corrected chi connectivity index (χ2v) is 7.24. The molecule has 0 N–H and O–H groups in total. The van der Waals surface area contributed by atoms with E-state index in [0.717, 1.165) is 11.1 Å². The molecular formula is C23H25N3O4. The third-order valence-corrected chi connectivity index (χ3v) is 5.20. The monoisotopic (exact) mass is 407 g/mol. The number of para-hydroxylation sites is 1. The highest BCUT2D eigenvalue weighted by Crippen LogP contribution is 2.34. The Morgan fingerprint density at radius 3 is 2.67 bits per heavy atom. The zero-order valence-corrected chi connectivity index (χ0v) is 17.0. The largest absolute Gasteiger partial charge is 0.486 e. The molecule has 2 aliphatic rings. The van der Waals surface area contributed by atoms with Crippen molar-refractivity contribution in [3.8, 4) is 11.5 Å². The molecule has 0 aromatic heterocycles. The molecule has 0 saturated carbocycles. The van der Waals surface area contributed by atoms with Gasteiger partial charge in [-0.25, -0.2) is 5.01 Å². The predicted molar refractivity (Wildman–Crippen MR) is 112 cm³/mol. The molecule has 2 amide bonds. The lowest BCUT2D eigenvalue weighted by Crippen LogP contribution is -2.41. The van der Waals surface area contributed by atoms with Crippen LogP contribution in [0.1, 0.15) is 30.9 Å². The van der Waals surface area contributed by atoms with Gasteiger partial charge < -0.3 is 14.4 Å². The minimum atomic E-state index is -0.155. The first kappa shape index (κ1) is 19.9. The first-order valence-corrected chi connectivity index (χ1v) is 10.2. The average molecular weight is 407 g/mol. The summed E-state index contributed by atoms with van der Waals surface area (Å²) in [7, 11) is 0. The molecule has 0 fully saturated rings. The SMILES string of the molecule is CCN(Cc1cccc2c1OCCO2)C(=O)C1=NN(Cc2ccccc2)C(=O)CC1. The molecule has 0 atom stereocenters. The Morgan fingerprint density at radius 1 is 1.07 bits per heavy atom. The lowest BCUT2D eigenvalue weighted by Gasteiger charge is -2.28. The first-order chi connectivity index (χ1) is 14.7. The molecule has 0 spiro atoms. The Hall–Kier alpha value is -3.35. The van der Waals surface area contributed by atoms with Crippen molar-refractivity contribution >= 4 is 17.5 Å². The molecule has 156 valence electrons. The van der Waals surface area contributed by atoms with Crippen LogP contribution in [0.4, 0.5) is 0 Å². The Labute approximate surface area is 175 Å². The molecule has 7 nitrogen and oxygen atoms in total. The highest BCUT2D eigenvalue weighted by Gasteiger charge is 2.28. The second kappa shape index (κ2) is 8.98. The number of rotatable bonds is 6. The van der Waals surface area contributed by atoms with E-state index in [2.05, 4.69) is 5.10 Å². The summed E-state index contributed by atoms with van der Waals surface area (Å²) in [5.41, 5.74) is 2.29. The number of hydrazone groups is 1. The highest BCUT2D eigenvalue weighted by molar-refractivity contribution is 6.39. The minimum Gasteiger partial charge on any atom is -0.486 e. The summed E-state index contributed by atoms with van der Waals surface area (Å²) in [5.74, 6) is 1.18. The number of carbonyl (C=O) groups excluding carboxylic acids is 2. The maximum Gasteiger partial charge on any atom is 0.270 e. The summed E-state index contributed by atoms with van der Waals surface area (Å²) in [4.78, 5) is 27.2. The summed E-state index contributed by atoms with van der Waals surface area (Å²) in [6.45, 7) is 4.23. The number of hydrogen-bond donors (Lipinski definition) is 0. The van der Waals surface area contributed by atoms with E-state index in [-0.39, 0.29) is 18.2 Å². The van der Waals surface area contributed by atoms with E-state index in [1.807, 2.05) is 55.5 Å². The molecule has 0 bridgehead atoms. The fourth-order valence-corrected chi connectivity index (χ4v) is 3.61. The number of nitrogens with zero attached hydrogens (tertiary/aromatic N) is 3. The molecule has 0 aliphatic carbocycles. The zero-order chi connectivity index (χ0) is 20.9. The van der Waals surface area contributed by atoms with E-state index in [1.165, 1.54) is 5.01 Å². The van der Waals surface area contributed by atoms with Gasteiger partial charge in [-0.15, -0.1) is 0 Å². The molecule has 2 aromatic rings. The van der Waals surface area contributed by atoms with Gasteiger partial charge in [0, 0.05) is 31.5 Å². The van der Waals surface area contributed by atoms with E-state index >= 15 is 0 Å². The second-order valence-electron chi connectivity index (χ2n) is 7.24. The van der Waals surface area contributed by atoms with Crippen LogP contribution in [0.15, 0.2) is 53.6 Å². The average Bonchev–Trinajstić information content (AvgIpc) is 2.79. The van der Waals surface area contributed by atoms with Gasteiger partial charge >= 0.3 is 0 Å². The number of carbonyl (C=O) groups is 2. The smallest absolute Gasteiger partial charge is 0.270 e. The van der Waals surface area contributed by atoms with Crippen LogP contribution in [0.2, 0.25) is 0 Å². The molecular weight excluding hydrogens is 382 g/mol. The van der Waals surface area contributed by atoms with Crippen LogP contribution in [0.25, 0.3) is 0 Å². The minimum absolute atomic E-state index is 0.0684. The fraction of sp³-hybridized carbons (Fsp3) is 0.348. The van der Waals surface area contributed by atoms with Crippen molar-refractivity contribution in [1.29, 1.82) is 0 Å². The van der Waals surface area contributed by atoms with E-state index in [9.17, 15) is 9.59 Å². The lowest BCUT2D eigenvalue weighted by molar-refractivity contribution is -0.132. The quantitative estimate of drug-likeness (QED) is 0.738. The van der Waals surface area contributed by atoms with Crippen LogP contribution in [0, 0.1) is 0 Å². The van der Waals surface area contributed by atoms with Crippen LogP contribution in [-0.2, 0) is 22.7 Å². The third-order valence-electron chi connectivity index (χ3n) is 5.20. The van der Waals surface area contributed by atoms with Crippen LogP contribution in [-0.4, -0.2) is 47.2 Å². The van der Waals surface area contributed by atoms with Crippen molar-refractivity contribution in [2.24, 2.45) is 5.10 Å². The van der Waals surface area contributed by atoms with E-state index in [1.54, 1.807) is 4.90 Å². The third kappa shape index (κ3) is 4.30.